The van der Waals surface area contributed by atoms with Gasteiger partial charge >= 0.3 is 0 Å². The number of benzene rings is 1. The highest BCUT2D eigenvalue weighted by molar-refractivity contribution is 7.13. The molecule has 0 aliphatic carbocycles. The number of amides is 2. The van der Waals surface area contributed by atoms with Gasteiger partial charge in [0.15, 0.2) is 0 Å². The molecule has 0 saturated carbocycles. The van der Waals surface area contributed by atoms with Crippen molar-refractivity contribution in [3.8, 4) is 0 Å². The molecule has 9 heteroatoms. The van der Waals surface area contributed by atoms with Gasteiger partial charge in [-0.25, -0.2) is 4.98 Å². The lowest BCUT2D eigenvalue weighted by molar-refractivity contribution is -0.131. The maximum atomic E-state index is 12.5. The number of anilines is 2. The summed E-state index contributed by atoms with van der Waals surface area (Å²) in [5.41, 5.74) is 0.720. The number of piperazine rings is 1. The average molecular weight is 437 g/mol. The Morgan fingerprint density at radius 1 is 0.968 bits per heavy atom. The Hall–Kier alpha value is -3.33. The summed E-state index contributed by atoms with van der Waals surface area (Å²) in [5.74, 6) is 0.849. The summed E-state index contributed by atoms with van der Waals surface area (Å²) in [6.07, 6.45) is 3.58. The van der Waals surface area contributed by atoms with E-state index in [0.29, 0.717) is 37.4 Å². The Morgan fingerprint density at radius 2 is 1.74 bits per heavy atom. The van der Waals surface area contributed by atoms with Crippen molar-refractivity contribution in [2.24, 2.45) is 0 Å². The second-order valence-electron chi connectivity index (χ2n) is 7.23. The number of aryl methyl sites for hydroxylation is 1. The first-order valence-electron chi connectivity index (χ1n) is 10.3. The number of pyridine rings is 1. The van der Waals surface area contributed by atoms with Gasteiger partial charge in [-0.3, -0.25) is 9.59 Å². The molecule has 8 nitrogen and oxygen atoms in total. The lowest BCUT2D eigenvalue weighted by atomic mass is 10.2. The van der Waals surface area contributed by atoms with Crippen LogP contribution in [0.1, 0.15) is 27.7 Å². The van der Waals surface area contributed by atoms with Crippen LogP contribution in [0.3, 0.4) is 0 Å². The SMILES string of the molecule is O=C(Nc1ccccc1)c1nnc(CCCC(=O)N2CCN(c3ccccn3)CC2)s1. The molecule has 0 spiro atoms. The fourth-order valence-corrected chi connectivity index (χ4v) is 4.20. The van der Waals surface area contributed by atoms with Crippen LogP contribution in [-0.4, -0.2) is 58.1 Å². The van der Waals surface area contributed by atoms with Gasteiger partial charge in [0.2, 0.25) is 10.9 Å². The summed E-state index contributed by atoms with van der Waals surface area (Å²) >= 11 is 1.27. The third kappa shape index (κ3) is 5.64. The quantitative estimate of drug-likeness (QED) is 0.612. The van der Waals surface area contributed by atoms with E-state index >= 15 is 0 Å². The van der Waals surface area contributed by atoms with E-state index in [2.05, 4.69) is 25.4 Å². The molecule has 1 aromatic carbocycles. The minimum atomic E-state index is -0.267. The monoisotopic (exact) mass is 436 g/mol. The molecule has 1 aliphatic heterocycles. The third-order valence-electron chi connectivity index (χ3n) is 5.08. The summed E-state index contributed by atoms with van der Waals surface area (Å²) in [7, 11) is 0. The first-order valence-corrected chi connectivity index (χ1v) is 11.1. The maximum Gasteiger partial charge on any atom is 0.286 e. The molecule has 0 bridgehead atoms. The van der Waals surface area contributed by atoms with Gasteiger partial charge in [-0.05, 0) is 30.7 Å². The van der Waals surface area contributed by atoms with Crippen LogP contribution in [0.25, 0.3) is 0 Å². The summed E-state index contributed by atoms with van der Waals surface area (Å²) in [5, 5.41) is 12.0. The maximum absolute atomic E-state index is 12.5. The van der Waals surface area contributed by atoms with E-state index in [4.69, 9.17) is 0 Å². The van der Waals surface area contributed by atoms with Gasteiger partial charge in [-0.2, -0.15) is 0 Å². The average Bonchev–Trinajstić information content (AvgIpc) is 3.29. The van der Waals surface area contributed by atoms with Gasteiger partial charge in [0.05, 0.1) is 0 Å². The second kappa shape index (κ2) is 10.1. The molecule has 0 atom stereocenters. The van der Waals surface area contributed by atoms with Crippen LogP contribution in [0.5, 0.6) is 0 Å². The molecule has 3 aromatic rings. The second-order valence-corrected chi connectivity index (χ2v) is 8.29. The molecule has 1 aliphatic rings. The van der Waals surface area contributed by atoms with E-state index < -0.39 is 0 Å². The standard InChI is InChI=1S/C22H24N6O2S/c29-20(28-15-13-27(14-16-28)18-9-4-5-12-23-18)11-6-10-19-25-26-22(31-19)21(30)24-17-7-2-1-3-8-17/h1-5,7-9,12H,6,10-11,13-16H2,(H,24,30). The molecule has 1 N–H and O–H groups in total. The first-order chi connectivity index (χ1) is 15.2. The van der Waals surface area contributed by atoms with Gasteiger partial charge < -0.3 is 15.1 Å². The Bertz CT molecular complexity index is 1000. The minimum absolute atomic E-state index is 0.159. The van der Waals surface area contributed by atoms with Crippen molar-refractivity contribution >= 4 is 34.7 Å². The number of hydrogen-bond acceptors (Lipinski definition) is 7. The predicted molar refractivity (Wildman–Crippen MR) is 120 cm³/mol. The first kappa shape index (κ1) is 20.9. The van der Waals surface area contributed by atoms with Crippen LogP contribution in [0, 0.1) is 0 Å². The number of nitrogens with one attached hydrogen (secondary N) is 1. The molecule has 1 fully saturated rings. The molecule has 2 amide bonds. The molecule has 3 heterocycles. The zero-order valence-electron chi connectivity index (χ0n) is 17.1. The summed E-state index contributed by atoms with van der Waals surface area (Å²) < 4.78 is 0. The van der Waals surface area contributed by atoms with Crippen molar-refractivity contribution in [3.63, 3.8) is 0 Å². The van der Waals surface area contributed by atoms with Crippen molar-refractivity contribution in [2.75, 3.05) is 36.4 Å². The van der Waals surface area contributed by atoms with E-state index in [-0.39, 0.29) is 11.8 Å². The molecule has 31 heavy (non-hydrogen) atoms. The van der Waals surface area contributed by atoms with E-state index in [1.807, 2.05) is 53.4 Å². The zero-order chi connectivity index (χ0) is 21.5. The van der Waals surface area contributed by atoms with Gasteiger partial charge in [-0.15, -0.1) is 10.2 Å². The van der Waals surface area contributed by atoms with Crippen LogP contribution in [0.2, 0.25) is 0 Å². The normalized spacial score (nSPS) is 13.8. The van der Waals surface area contributed by atoms with Gasteiger partial charge in [0, 0.05) is 50.9 Å². The molecule has 0 radical (unpaired) electrons. The molecule has 2 aromatic heterocycles. The van der Waals surface area contributed by atoms with Crippen molar-refractivity contribution < 1.29 is 9.59 Å². The van der Waals surface area contributed by atoms with Gasteiger partial charge in [0.25, 0.3) is 5.91 Å². The highest BCUT2D eigenvalue weighted by atomic mass is 32.1. The fraction of sp³-hybridized carbons (Fsp3) is 0.318. The van der Waals surface area contributed by atoms with Crippen LogP contribution < -0.4 is 10.2 Å². The largest absolute Gasteiger partial charge is 0.353 e. The van der Waals surface area contributed by atoms with Crippen LogP contribution in [0.15, 0.2) is 54.7 Å². The summed E-state index contributed by atoms with van der Waals surface area (Å²) in [6.45, 7) is 2.99. The van der Waals surface area contributed by atoms with Crippen molar-refractivity contribution in [3.05, 3.63) is 64.7 Å². The summed E-state index contributed by atoms with van der Waals surface area (Å²) in [4.78, 5) is 33.3. The Balaban J connectivity index is 1.19. The topological polar surface area (TPSA) is 91.3 Å². The van der Waals surface area contributed by atoms with Crippen molar-refractivity contribution in [1.29, 1.82) is 0 Å². The highest BCUT2D eigenvalue weighted by Gasteiger charge is 2.21. The Kier molecular flexibility index (Phi) is 6.83. The number of carbonyl (C=O) groups is 2. The molecule has 1 saturated heterocycles. The van der Waals surface area contributed by atoms with Crippen LogP contribution >= 0.6 is 11.3 Å². The number of para-hydroxylation sites is 1. The predicted octanol–water partition coefficient (Wildman–Crippen LogP) is 2.86. The number of nitrogens with zero attached hydrogens (tertiary/aromatic N) is 5. The van der Waals surface area contributed by atoms with E-state index in [1.54, 1.807) is 6.20 Å². The van der Waals surface area contributed by atoms with Gasteiger partial charge in [-0.1, -0.05) is 35.6 Å². The Morgan fingerprint density at radius 3 is 2.48 bits per heavy atom. The Labute approximate surface area is 184 Å². The fourth-order valence-electron chi connectivity index (χ4n) is 3.43. The van der Waals surface area contributed by atoms with Gasteiger partial charge in [0.1, 0.15) is 10.8 Å². The van der Waals surface area contributed by atoms with E-state index in [9.17, 15) is 9.59 Å². The van der Waals surface area contributed by atoms with E-state index in [1.165, 1.54) is 11.3 Å². The van der Waals surface area contributed by atoms with Crippen LogP contribution in [0.4, 0.5) is 11.5 Å². The number of carbonyl (C=O) groups excluding carboxylic acids is 2. The highest BCUT2D eigenvalue weighted by Crippen LogP contribution is 2.17. The van der Waals surface area contributed by atoms with Crippen molar-refractivity contribution in [2.45, 2.75) is 19.3 Å². The molecular weight excluding hydrogens is 412 g/mol. The smallest absolute Gasteiger partial charge is 0.286 e. The zero-order valence-corrected chi connectivity index (χ0v) is 17.9. The lowest BCUT2D eigenvalue weighted by Crippen LogP contribution is -2.49. The van der Waals surface area contributed by atoms with E-state index in [0.717, 1.165) is 29.6 Å². The number of rotatable bonds is 7. The minimum Gasteiger partial charge on any atom is -0.353 e. The third-order valence-corrected chi connectivity index (χ3v) is 6.06. The lowest BCUT2D eigenvalue weighted by Gasteiger charge is -2.35. The molecule has 0 unspecified atom stereocenters. The molecular formula is C22H24N6O2S. The number of aromatic nitrogens is 3. The molecule has 4 rings (SSSR count). The number of hydrogen-bond donors (Lipinski definition) is 1. The van der Waals surface area contributed by atoms with Crippen molar-refractivity contribution in [1.82, 2.24) is 20.1 Å². The summed E-state index contributed by atoms with van der Waals surface area (Å²) in [6, 6.07) is 15.1. The van der Waals surface area contributed by atoms with Crippen LogP contribution in [-0.2, 0) is 11.2 Å². The molecule has 160 valence electrons.